The van der Waals surface area contributed by atoms with Gasteiger partial charge in [-0.3, -0.25) is 19.1 Å². The second kappa shape index (κ2) is 9.65. The van der Waals surface area contributed by atoms with E-state index in [2.05, 4.69) is 10.2 Å². The van der Waals surface area contributed by atoms with Crippen molar-refractivity contribution in [3.63, 3.8) is 0 Å². The number of likely N-dealkylation sites (tertiary alicyclic amines) is 2. The molecule has 5 rings (SSSR count). The first-order chi connectivity index (χ1) is 16.9. The summed E-state index contributed by atoms with van der Waals surface area (Å²) in [4.78, 5) is 41.8. The van der Waals surface area contributed by atoms with Crippen molar-refractivity contribution in [3.05, 3.63) is 64.4 Å². The third-order valence-corrected chi connectivity index (χ3v) is 7.12. The minimum atomic E-state index is -0.415. The number of benzene rings is 2. The monoisotopic (exact) mass is 480 g/mol. The van der Waals surface area contributed by atoms with Gasteiger partial charge >= 0.3 is 5.76 Å². The van der Waals surface area contributed by atoms with Gasteiger partial charge in [0.25, 0.3) is 0 Å². The number of anilines is 1. The average molecular weight is 481 g/mol. The first-order valence-corrected chi connectivity index (χ1v) is 12.1. The fraction of sp³-hybridized carbons (Fsp3) is 0.423. The SMILES string of the molecule is CCn1c(=O)oc2cc(NC(=O)CN3CC[C@H]4[C@@H]3CCCC(=O)N4Cc3ccc(F)cc3)ccc21. The molecule has 1 N–H and O–H groups in total. The van der Waals surface area contributed by atoms with Gasteiger partial charge in [0.15, 0.2) is 5.58 Å². The van der Waals surface area contributed by atoms with Gasteiger partial charge in [0, 0.05) is 49.9 Å². The molecule has 0 unspecified atom stereocenters. The highest BCUT2D eigenvalue weighted by Crippen LogP contribution is 2.31. The van der Waals surface area contributed by atoms with Gasteiger partial charge in [-0.25, -0.2) is 9.18 Å². The van der Waals surface area contributed by atoms with E-state index in [-0.39, 0.29) is 36.3 Å². The molecule has 2 atom stereocenters. The van der Waals surface area contributed by atoms with E-state index >= 15 is 0 Å². The van der Waals surface area contributed by atoms with Gasteiger partial charge in [0.05, 0.1) is 12.1 Å². The Hall–Kier alpha value is -3.46. The minimum absolute atomic E-state index is 0.0299. The minimum Gasteiger partial charge on any atom is -0.408 e. The van der Waals surface area contributed by atoms with Crippen LogP contribution in [0.15, 0.2) is 51.7 Å². The molecule has 3 aromatic rings. The van der Waals surface area contributed by atoms with E-state index in [1.807, 2.05) is 11.8 Å². The van der Waals surface area contributed by atoms with Crippen LogP contribution in [0, 0.1) is 5.82 Å². The van der Waals surface area contributed by atoms with Crippen LogP contribution in [0.25, 0.3) is 11.1 Å². The van der Waals surface area contributed by atoms with Gasteiger partial charge in [-0.1, -0.05) is 12.1 Å². The number of nitrogens with one attached hydrogen (secondary N) is 1. The molecule has 9 heteroatoms. The predicted octanol–water partition coefficient (Wildman–Crippen LogP) is 3.35. The molecule has 0 bridgehead atoms. The van der Waals surface area contributed by atoms with Gasteiger partial charge in [-0.15, -0.1) is 0 Å². The van der Waals surface area contributed by atoms with E-state index in [0.29, 0.717) is 36.3 Å². The van der Waals surface area contributed by atoms with Crippen LogP contribution in [0.1, 0.15) is 38.2 Å². The van der Waals surface area contributed by atoms with Crippen LogP contribution in [-0.4, -0.2) is 51.4 Å². The molecule has 0 aliphatic carbocycles. The van der Waals surface area contributed by atoms with Gasteiger partial charge in [0.1, 0.15) is 5.82 Å². The number of rotatable bonds is 6. The van der Waals surface area contributed by atoms with Crippen LogP contribution in [0.3, 0.4) is 0 Å². The standard InChI is InChI=1S/C26H29FN4O4/c1-2-30-22-11-10-19(14-23(22)35-26(30)34)28-24(32)16-29-13-12-21-20(29)4-3-5-25(33)31(21)15-17-6-8-18(27)9-7-17/h6-11,14,20-21H,2-5,12-13,15-16H2,1H3,(H,28,32)/t20-,21-/m0/s1. The van der Waals surface area contributed by atoms with Crippen molar-refractivity contribution in [2.24, 2.45) is 0 Å². The number of hydrogen-bond acceptors (Lipinski definition) is 5. The zero-order chi connectivity index (χ0) is 24.5. The number of carbonyl (C=O) groups excluding carboxylic acids is 2. The highest BCUT2D eigenvalue weighted by Gasteiger charge is 2.41. The first-order valence-electron chi connectivity index (χ1n) is 12.1. The molecule has 0 radical (unpaired) electrons. The van der Waals surface area contributed by atoms with Crippen LogP contribution in [0.5, 0.6) is 0 Å². The Labute approximate surface area is 202 Å². The number of fused-ring (bicyclic) bond motifs is 2. The second-order valence-electron chi connectivity index (χ2n) is 9.28. The van der Waals surface area contributed by atoms with E-state index < -0.39 is 5.76 Å². The number of hydrogen-bond donors (Lipinski definition) is 1. The average Bonchev–Trinajstić information content (AvgIpc) is 3.32. The summed E-state index contributed by atoms with van der Waals surface area (Å²) in [7, 11) is 0. The molecule has 2 aliphatic rings. The van der Waals surface area contributed by atoms with Crippen molar-refractivity contribution in [2.75, 3.05) is 18.4 Å². The number of carbonyl (C=O) groups is 2. The summed E-state index contributed by atoms with van der Waals surface area (Å²) in [5.41, 5.74) is 2.61. The topological polar surface area (TPSA) is 87.8 Å². The molecule has 35 heavy (non-hydrogen) atoms. The second-order valence-corrected chi connectivity index (χ2v) is 9.28. The smallest absolute Gasteiger partial charge is 0.408 e. The fourth-order valence-corrected chi connectivity index (χ4v) is 5.45. The van der Waals surface area contributed by atoms with Gasteiger partial charge in [0.2, 0.25) is 11.8 Å². The summed E-state index contributed by atoms with van der Waals surface area (Å²) in [5, 5.41) is 2.92. The lowest BCUT2D eigenvalue weighted by molar-refractivity contribution is -0.133. The zero-order valence-electron chi connectivity index (χ0n) is 19.7. The van der Waals surface area contributed by atoms with Gasteiger partial charge in [-0.2, -0.15) is 0 Å². The zero-order valence-corrected chi connectivity index (χ0v) is 19.7. The van der Waals surface area contributed by atoms with E-state index in [1.54, 1.807) is 30.3 Å². The van der Waals surface area contributed by atoms with Crippen molar-refractivity contribution in [1.29, 1.82) is 0 Å². The van der Waals surface area contributed by atoms with Crippen molar-refractivity contribution in [1.82, 2.24) is 14.4 Å². The van der Waals surface area contributed by atoms with Crippen LogP contribution in [0.2, 0.25) is 0 Å². The third-order valence-electron chi connectivity index (χ3n) is 7.12. The lowest BCUT2D eigenvalue weighted by Crippen LogP contribution is -2.47. The Morgan fingerprint density at radius 2 is 1.91 bits per heavy atom. The number of aryl methyl sites for hydroxylation is 1. The van der Waals surface area contributed by atoms with Crippen LogP contribution in [-0.2, 0) is 22.7 Å². The summed E-state index contributed by atoms with van der Waals surface area (Å²) in [6.45, 7) is 3.77. The molecule has 2 fully saturated rings. The molecule has 184 valence electrons. The molecule has 3 heterocycles. The van der Waals surface area contributed by atoms with E-state index in [4.69, 9.17) is 4.42 Å². The highest BCUT2D eigenvalue weighted by atomic mass is 19.1. The van der Waals surface area contributed by atoms with Crippen LogP contribution < -0.4 is 11.1 Å². The molecule has 8 nitrogen and oxygen atoms in total. The molecule has 2 aliphatic heterocycles. The number of nitrogens with zero attached hydrogens (tertiary/aromatic N) is 3. The molecular formula is C26H29FN4O4. The number of halogens is 1. The maximum absolute atomic E-state index is 13.3. The maximum Gasteiger partial charge on any atom is 0.419 e. The first kappa shape index (κ1) is 23.3. The number of oxazole rings is 1. The normalized spacial score (nSPS) is 20.7. The summed E-state index contributed by atoms with van der Waals surface area (Å²) in [6.07, 6.45) is 2.91. The molecular weight excluding hydrogens is 451 g/mol. The Morgan fingerprint density at radius 3 is 2.69 bits per heavy atom. The Morgan fingerprint density at radius 1 is 1.11 bits per heavy atom. The molecule has 1 aromatic heterocycles. The number of aromatic nitrogens is 1. The van der Waals surface area contributed by atoms with E-state index in [0.717, 1.165) is 31.4 Å². The van der Waals surface area contributed by atoms with Crippen LogP contribution in [0.4, 0.5) is 10.1 Å². The molecule has 2 aromatic carbocycles. The predicted molar refractivity (Wildman–Crippen MR) is 129 cm³/mol. The van der Waals surface area contributed by atoms with Gasteiger partial charge < -0.3 is 14.6 Å². The summed E-state index contributed by atoms with van der Waals surface area (Å²) < 4.78 is 20.2. The quantitative estimate of drug-likeness (QED) is 0.585. The fourth-order valence-electron chi connectivity index (χ4n) is 5.45. The Bertz CT molecular complexity index is 1300. The highest BCUT2D eigenvalue weighted by molar-refractivity contribution is 5.94. The van der Waals surface area contributed by atoms with Crippen molar-refractivity contribution in [2.45, 2.75) is 57.8 Å². The largest absolute Gasteiger partial charge is 0.419 e. The molecule has 0 saturated carbocycles. The Kier molecular flexibility index (Phi) is 6.42. The van der Waals surface area contributed by atoms with Gasteiger partial charge in [-0.05, 0) is 56.0 Å². The molecule has 2 amide bonds. The van der Waals surface area contributed by atoms with Crippen LogP contribution >= 0.6 is 0 Å². The third kappa shape index (κ3) is 4.73. The van der Waals surface area contributed by atoms with Crippen molar-refractivity contribution in [3.8, 4) is 0 Å². The van der Waals surface area contributed by atoms with Crippen molar-refractivity contribution >= 4 is 28.6 Å². The number of amides is 2. The summed E-state index contributed by atoms with van der Waals surface area (Å²) >= 11 is 0. The summed E-state index contributed by atoms with van der Waals surface area (Å²) in [6, 6.07) is 11.6. The summed E-state index contributed by atoms with van der Waals surface area (Å²) in [5.74, 6) is -0.747. The molecule has 2 saturated heterocycles. The van der Waals surface area contributed by atoms with Crippen molar-refractivity contribution < 1.29 is 18.4 Å². The molecule has 0 spiro atoms. The van der Waals surface area contributed by atoms with E-state index in [9.17, 15) is 18.8 Å². The lowest BCUT2D eigenvalue weighted by atomic mass is 10.0. The maximum atomic E-state index is 13.3. The lowest BCUT2D eigenvalue weighted by Gasteiger charge is -2.33. The van der Waals surface area contributed by atoms with E-state index in [1.165, 1.54) is 16.7 Å². The Balaban J connectivity index is 1.26.